The Hall–Kier alpha value is -0.610. The number of likely N-dealkylation sites (tertiary alicyclic amines) is 1. The lowest BCUT2D eigenvalue weighted by atomic mass is 9.89. The summed E-state index contributed by atoms with van der Waals surface area (Å²) >= 11 is 0. The fourth-order valence-corrected chi connectivity index (χ4v) is 2.81. The number of rotatable bonds is 2. The predicted octanol–water partition coefficient (Wildman–Crippen LogP) is -0.0643. The van der Waals surface area contributed by atoms with E-state index in [0.29, 0.717) is 6.04 Å². The molecule has 2 rings (SSSR count). The summed E-state index contributed by atoms with van der Waals surface area (Å²) in [4.78, 5) is 13.8. The van der Waals surface area contributed by atoms with Crippen molar-refractivity contribution in [3.05, 3.63) is 0 Å². The molecule has 0 aromatic carbocycles. The molecule has 4 heteroatoms. The maximum Gasteiger partial charge on any atom is 0.222 e. The maximum absolute atomic E-state index is 11.4. The second-order valence-electron chi connectivity index (χ2n) is 4.67. The highest BCUT2D eigenvalue weighted by Crippen LogP contribution is 2.21. The van der Waals surface area contributed by atoms with E-state index in [1.807, 2.05) is 0 Å². The summed E-state index contributed by atoms with van der Waals surface area (Å²) in [5.41, 5.74) is 5.47. The van der Waals surface area contributed by atoms with Gasteiger partial charge in [0, 0.05) is 12.6 Å². The van der Waals surface area contributed by atoms with E-state index in [1.165, 1.54) is 19.3 Å². The highest BCUT2D eigenvalue weighted by atomic mass is 16.1. The van der Waals surface area contributed by atoms with Crippen LogP contribution in [0.5, 0.6) is 0 Å². The smallest absolute Gasteiger partial charge is 0.222 e. The van der Waals surface area contributed by atoms with Gasteiger partial charge in [-0.15, -0.1) is 0 Å². The lowest BCUT2D eigenvalue weighted by Crippen LogP contribution is -2.55. The molecule has 2 saturated heterocycles. The highest BCUT2D eigenvalue weighted by molar-refractivity contribution is 5.77. The van der Waals surface area contributed by atoms with Crippen molar-refractivity contribution in [2.45, 2.75) is 31.7 Å². The molecule has 1 amide bonds. The molecule has 0 spiro atoms. The molecular formula is C11H21N3O. The van der Waals surface area contributed by atoms with Crippen LogP contribution < -0.4 is 11.1 Å². The molecule has 0 aromatic rings. The van der Waals surface area contributed by atoms with Crippen LogP contribution in [0.15, 0.2) is 0 Å². The molecule has 15 heavy (non-hydrogen) atoms. The van der Waals surface area contributed by atoms with E-state index in [0.717, 1.165) is 32.6 Å². The standard InChI is InChI=1S/C11H21N3O/c12-11(15)9-4-5-13-8-10(9)14-6-2-1-3-7-14/h9-10,13H,1-8H2,(H2,12,15). The van der Waals surface area contributed by atoms with Crippen LogP contribution in [0, 0.1) is 5.92 Å². The zero-order chi connectivity index (χ0) is 10.7. The average Bonchev–Trinajstić information content (AvgIpc) is 2.30. The second-order valence-corrected chi connectivity index (χ2v) is 4.67. The Morgan fingerprint density at radius 3 is 2.67 bits per heavy atom. The maximum atomic E-state index is 11.4. The Kier molecular flexibility index (Phi) is 3.59. The molecule has 0 aromatic heterocycles. The van der Waals surface area contributed by atoms with Crippen LogP contribution in [0.2, 0.25) is 0 Å². The van der Waals surface area contributed by atoms with Gasteiger partial charge in [0.05, 0.1) is 5.92 Å². The van der Waals surface area contributed by atoms with E-state index in [2.05, 4.69) is 10.2 Å². The number of nitrogens with zero attached hydrogens (tertiary/aromatic N) is 1. The molecule has 3 N–H and O–H groups in total. The normalized spacial score (nSPS) is 33.9. The Bertz CT molecular complexity index is 226. The van der Waals surface area contributed by atoms with Gasteiger partial charge in [0.2, 0.25) is 5.91 Å². The first-order valence-corrected chi connectivity index (χ1v) is 6.03. The van der Waals surface area contributed by atoms with Gasteiger partial charge in [-0.05, 0) is 38.9 Å². The van der Waals surface area contributed by atoms with Crippen LogP contribution in [-0.4, -0.2) is 43.0 Å². The van der Waals surface area contributed by atoms with Crippen LogP contribution in [0.4, 0.5) is 0 Å². The number of amides is 1. The Morgan fingerprint density at radius 2 is 2.00 bits per heavy atom. The highest BCUT2D eigenvalue weighted by Gasteiger charge is 2.33. The summed E-state index contributed by atoms with van der Waals surface area (Å²) in [7, 11) is 0. The number of nitrogens with one attached hydrogen (secondary N) is 1. The van der Waals surface area contributed by atoms with Gasteiger partial charge in [0.15, 0.2) is 0 Å². The summed E-state index contributed by atoms with van der Waals surface area (Å²) in [6.45, 7) is 4.12. The number of piperidine rings is 2. The van der Waals surface area contributed by atoms with Crippen LogP contribution in [0.3, 0.4) is 0 Å². The minimum atomic E-state index is -0.118. The van der Waals surface area contributed by atoms with Crippen molar-refractivity contribution in [1.82, 2.24) is 10.2 Å². The van der Waals surface area contributed by atoms with Crippen molar-refractivity contribution < 1.29 is 4.79 Å². The van der Waals surface area contributed by atoms with Crippen LogP contribution in [0.25, 0.3) is 0 Å². The number of nitrogens with two attached hydrogens (primary N) is 1. The first kappa shape index (κ1) is 10.9. The third-order valence-corrected chi connectivity index (χ3v) is 3.68. The number of carbonyl (C=O) groups excluding carboxylic acids is 1. The Labute approximate surface area is 91.2 Å². The number of primary amides is 1. The minimum absolute atomic E-state index is 0.0596. The topological polar surface area (TPSA) is 58.4 Å². The Morgan fingerprint density at radius 1 is 1.27 bits per heavy atom. The molecule has 86 valence electrons. The quantitative estimate of drug-likeness (QED) is 0.672. The van der Waals surface area contributed by atoms with E-state index in [9.17, 15) is 4.79 Å². The molecule has 2 heterocycles. The van der Waals surface area contributed by atoms with Gasteiger partial charge in [-0.25, -0.2) is 0 Å². The SMILES string of the molecule is NC(=O)C1CCNCC1N1CCCCC1. The van der Waals surface area contributed by atoms with Crippen LogP contribution in [0.1, 0.15) is 25.7 Å². The molecule has 0 saturated carbocycles. The molecule has 2 aliphatic heterocycles. The van der Waals surface area contributed by atoms with Gasteiger partial charge in [0.1, 0.15) is 0 Å². The van der Waals surface area contributed by atoms with E-state index in [-0.39, 0.29) is 11.8 Å². The number of carbonyl (C=O) groups is 1. The molecule has 0 radical (unpaired) electrons. The van der Waals surface area contributed by atoms with Crippen molar-refractivity contribution in [3.63, 3.8) is 0 Å². The fraction of sp³-hybridized carbons (Fsp3) is 0.909. The van der Waals surface area contributed by atoms with Crippen molar-refractivity contribution in [3.8, 4) is 0 Å². The molecule has 0 bridgehead atoms. The summed E-state index contributed by atoms with van der Waals surface area (Å²) in [6, 6.07) is 0.344. The molecule has 0 aliphatic carbocycles. The van der Waals surface area contributed by atoms with E-state index in [4.69, 9.17) is 5.73 Å². The minimum Gasteiger partial charge on any atom is -0.369 e. The second kappa shape index (κ2) is 4.94. The summed E-state index contributed by atoms with van der Waals surface area (Å²) in [6.07, 6.45) is 4.76. The zero-order valence-corrected chi connectivity index (χ0v) is 9.24. The van der Waals surface area contributed by atoms with Gasteiger partial charge in [-0.3, -0.25) is 9.69 Å². The molecular weight excluding hydrogens is 190 g/mol. The van der Waals surface area contributed by atoms with Gasteiger partial charge < -0.3 is 11.1 Å². The van der Waals surface area contributed by atoms with Crippen molar-refractivity contribution >= 4 is 5.91 Å². The lowest BCUT2D eigenvalue weighted by Gasteiger charge is -2.40. The molecule has 2 unspecified atom stereocenters. The Balaban J connectivity index is 1.99. The summed E-state index contributed by atoms with van der Waals surface area (Å²) in [5, 5.41) is 3.37. The summed E-state index contributed by atoms with van der Waals surface area (Å²) < 4.78 is 0. The third kappa shape index (κ3) is 2.49. The van der Waals surface area contributed by atoms with E-state index in [1.54, 1.807) is 0 Å². The molecule has 4 nitrogen and oxygen atoms in total. The molecule has 2 atom stereocenters. The molecule has 2 fully saturated rings. The van der Waals surface area contributed by atoms with Gasteiger partial charge in [0.25, 0.3) is 0 Å². The van der Waals surface area contributed by atoms with E-state index >= 15 is 0 Å². The van der Waals surface area contributed by atoms with Crippen molar-refractivity contribution in [2.24, 2.45) is 11.7 Å². The summed E-state index contributed by atoms with van der Waals surface area (Å²) in [5.74, 6) is -0.0589. The van der Waals surface area contributed by atoms with Crippen molar-refractivity contribution in [1.29, 1.82) is 0 Å². The van der Waals surface area contributed by atoms with Gasteiger partial charge in [-0.2, -0.15) is 0 Å². The monoisotopic (exact) mass is 211 g/mol. The van der Waals surface area contributed by atoms with E-state index < -0.39 is 0 Å². The zero-order valence-electron chi connectivity index (χ0n) is 9.24. The van der Waals surface area contributed by atoms with Gasteiger partial charge >= 0.3 is 0 Å². The van der Waals surface area contributed by atoms with Gasteiger partial charge in [-0.1, -0.05) is 6.42 Å². The first-order valence-electron chi connectivity index (χ1n) is 6.03. The lowest BCUT2D eigenvalue weighted by molar-refractivity contribution is -0.125. The van der Waals surface area contributed by atoms with Crippen LogP contribution in [-0.2, 0) is 4.79 Å². The fourth-order valence-electron chi connectivity index (χ4n) is 2.81. The number of hydrogen-bond acceptors (Lipinski definition) is 3. The third-order valence-electron chi connectivity index (χ3n) is 3.68. The molecule has 2 aliphatic rings. The predicted molar refractivity (Wildman–Crippen MR) is 59.4 cm³/mol. The first-order chi connectivity index (χ1) is 7.29. The largest absolute Gasteiger partial charge is 0.369 e. The van der Waals surface area contributed by atoms with Crippen LogP contribution >= 0.6 is 0 Å². The van der Waals surface area contributed by atoms with Crippen molar-refractivity contribution in [2.75, 3.05) is 26.2 Å². The number of hydrogen-bond donors (Lipinski definition) is 2. The average molecular weight is 211 g/mol.